The van der Waals surface area contributed by atoms with E-state index in [1.165, 1.54) is 31.4 Å². The highest BCUT2D eigenvalue weighted by molar-refractivity contribution is 5.96. The van der Waals surface area contributed by atoms with Crippen LogP contribution in [0, 0.1) is 11.8 Å². The molecule has 0 spiro atoms. The molecule has 0 heterocycles. The third-order valence-corrected chi connectivity index (χ3v) is 5.13. The zero-order valence-electron chi connectivity index (χ0n) is 15.9. The van der Waals surface area contributed by atoms with E-state index < -0.39 is 5.97 Å². The third kappa shape index (κ3) is 5.75. The molecular formula is C21H31NO4. The fourth-order valence-electron chi connectivity index (χ4n) is 3.54. The lowest BCUT2D eigenvalue weighted by Crippen LogP contribution is -2.27. The Morgan fingerprint density at radius 1 is 1.15 bits per heavy atom. The van der Waals surface area contributed by atoms with Gasteiger partial charge < -0.3 is 15.2 Å². The maximum absolute atomic E-state index is 12.7. The Kier molecular flexibility index (Phi) is 7.95. The van der Waals surface area contributed by atoms with Gasteiger partial charge in [-0.05, 0) is 56.2 Å². The summed E-state index contributed by atoms with van der Waals surface area (Å²) in [5.74, 6) is 0.238. The number of carboxylic acid groups (broad SMARTS) is 1. The van der Waals surface area contributed by atoms with E-state index in [1.807, 2.05) is 6.92 Å². The van der Waals surface area contributed by atoms with Crippen LogP contribution in [0.3, 0.4) is 0 Å². The van der Waals surface area contributed by atoms with Gasteiger partial charge in [-0.2, -0.15) is 0 Å². The van der Waals surface area contributed by atoms with Crippen LogP contribution in [-0.2, 0) is 4.79 Å². The van der Waals surface area contributed by atoms with Gasteiger partial charge in [0.1, 0.15) is 5.75 Å². The number of carboxylic acids is 1. The molecule has 0 radical (unpaired) electrons. The SMILES string of the molecule is CCCCC1CCC(C(=O)Nc2cc(C(=O)O)ccc2OCCC)CC1. The number of amides is 1. The van der Waals surface area contributed by atoms with Crippen molar-refractivity contribution in [2.75, 3.05) is 11.9 Å². The second-order valence-electron chi connectivity index (χ2n) is 7.21. The third-order valence-electron chi connectivity index (χ3n) is 5.13. The van der Waals surface area contributed by atoms with Gasteiger partial charge in [0.05, 0.1) is 17.9 Å². The average Bonchev–Trinajstić information content (AvgIpc) is 2.65. The highest BCUT2D eigenvalue weighted by Crippen LogP contribution is 2.34. The Balaban J connectivity index is 2.01. The van der Waals surface area contributed by atoms with Crippen molar-refractivity contribution in [3.05, 3.63) is 23.8 Å². The quantitative estimate of drug-likeness (QED) is 0.641. The summed E-state index contributed by atoms with van der Waals surface area (Å²) in [6.45, 7) is 4.74. The lowest BCUT2D eigenvalue weighted by Gasteiger charge is -2.28. The molecule has 0 unspecified atom stereocenters. The predicted molar refractivity (Wildman–Crippen MR) is 103 cm³/mol. The van der Waals surface area contributed by atoms with Gasteiger partial charge in [0.25, 0.3) is 0 Å². The van der Waals surface area contributed by atoms with E-state index in [9.17, 15) is 14.7 Å². The highest BCUT2D eigenvalue weighted by Gasteiger charge is 2.26. The maximum Gasteiger partial charge on any atom is 0.335 e. The average molecular weight is 361 g/mol. The predicted octanol–water partition coefficient (Wildman–Crippen LogP) is 5.11. The van der Waals surface area contributed by atoms with Crippen molar-refractivity contribution in [3.63, 3.8) is 0 Å². The van der Waals surface area contributed by atoms with Gasteiger partial charge >= 0.3 is 5.97 Å². The van der Waals surface area contributed by atoms with E-state index in [4.69, 9.17) is 4.74 Å². The summed E-state index contributed by atoms with van der Waals surface area (Å²) in [5, 5.41) is 12.1. The number of anilines is 1. The first-order chi connectivity index (χ1) is 12.5. The van der Waals surface area contributed by atoms with Crippen molar-refractivity contribution >= 4 is 17.6 Å². The molecule has 0 bridgehead atoms. The van der Waals surface area contributed by atoms with Gasteiger partial charge in [0, 0.05) is 5.92 Å². The van der Waals surface area contributed by atoms with Crippen molar-refractivity contribution in [2.45, 2.75) is 65.2 Å². The van der Waals surface area contributed by atoms with Gasteiger partial charge in [-0.25, -0.2) is 4.79 Å². The largest absolute Gasteiger partial charge is 0.491 e. The van der Waals surface area contributed by atoms with E-state index in [0.29, 0.717) is 18.0 Å². The standard InChI is InChI=1S/C21H31NO4/c1-3-5-6-15-7-9-16(10-8-15)20(23)22-18-14-17(21(24)25)11-12-19(18)26-13-4-2/h11-12,14-16H,3-10,13H2,1-2H3,(H,22,23)(H,24,25). The van der Waals surface area contributed by atoms with Crippen LogP contribution in [-0.4, -0.2) is 23.6 Å². The summed E-state index contributed by atoms with van der Waals surface area (Å²) in [6, 6.07) is 4.61. The molecule has 1 aromatic rings. The second-order valence-corrected chi connectivity index (χ2v) is 7.21. The molecule has 1 aromatic carbocycles. The van der Waals surface area contributed by atoms with Crippen molar-refractivity contribution in [2.24, 2.45) is 11.8 Å². The number of hydrogen-bond acceptors (Lipinski definition) is 3. The second kappa shape index (κ2) is 10.2. The Morgan fingerprint density at radius 2 is 1.88 bits per heavy atom. The number of ether oxygens (including phenoxy) is 1. The summed E-state index contributed by atoms with van der Waals surface area (Å²) >= 11 is 0. The number of aromatic carboxylic acids is 1. The van der Waals surface area contributed by atoms with E-state index in [-0.39, 0.29) is 17.4 Å². The number of hydrogen-bond donors (Lipinski definition) is 2. The van der Waals surface area contributed by atoms with Crippen LogP contribution in [0.1, 0.15) is 75.6 Å². The number of carbonyl (C=O) groups is 2. The van der Waals surface area contributed by atoms with Crippen LogP contribution in [0.5, 0.6) is 5.75 Å². The van der Waals surface area contributed by atoms with E-state index in [1.54, 1.807) is 6.07 Å². The first-order valence-electron chi connectivity index (χ1n) is 9.86. The molecule has 2 rings (SSSR count). The molecule has 0 aliphatic heterocycles. The number of benzene rings is 1. The van der Waals surface area contributed by atoms with Gasteiger partial charge in [-0.15, -0.1) is 0 Å². The molecule has 1 fully saturated rings. The topological polar surface area (TPSA) is 75.6 Å². The van der Waals surface area contributed by atoms with Gasteiger partial charge in [-0.1, -0.05) is 33.1 Å². The number of nitrogens with one attached hydrogen (secondary N) is 1. The molecular weight excluding hydrogens is 330 g/mol. The minimum absolute atomic E-state index is 0.000357. The normalized spacial score (nSPS) is 19.8. The number of carbonyl (C=O) groups excluding carboxylic acids is 1. The maximum atomic E-state index is 12.7. The van der Waals surface area contributed by atoms with Crippen LogP contribution in [0.25, 0.3) is 0 Å². The first-order valence-corrected chi connectivity index (χ1v) is 9.86. The summed E-state index contributed by atoms with van der Waals surface area (Å²) < 4.78 is 5.66. The zero-order chi connectivity index (χ0) is 18.9. The lowest BCUT2D eigenvalue weighted by molar-refractivity contribution is -0.121. The smallest absolute Gasteiger partial charge is 0.335 e. The molecule has 1 saturated carbocycles. The van der Waals surface area contributed by atoms with Gasteiger partial charge in [0.2, 0.25) is 5.91 Å². The van der Waals surface area contributed by atoms with Crippen molar-refractivity contribution < 1.29 is 19.4 Å². The van der Waals surface area contributed by atoms with E-state index in [0.717, 1.165) is 38.0 Å². The van der Waals surface area contributed by atoms with Crippen molar-refractivity contribution in [1.29, 1.82) is 0 Å². The van der Waals surface area contributed by atoms with Crippen molar-refractivity contribution in [3.8, 4) is 5.75 Å². The molecule has 0 aromatic heterocycles. The molecule has 1 aliphatic carbocycles. The Bertz CT molecular complexity index is 606. The summed E-state index contributed by atoms with van der Waals surface area (Å²) in [6.07, 6.45) is 8.62. The molecule has 5 nitrogen and oxygen atoms in total. The lowest BCUT2D eigenvalue weighted by atomic mass is 9.79. The summed E-state index contributed by atoms with van der Waals surface area (Å²) in [5.41, 5.74) is 0.601. The monoisotopic (exact) mass is 361 g/mol. The van der Waals surface area contributed by atoms with Crippen LogP contribution in [0.2, 0.25) is 0 Å². The van der Waals surface area contributed by atoms with E-state index >= 15 is 0 Å². The first kappa shape index (κ1) is 20.3. The molecule has 5 heteroatoms. The summed E-state index contributed by atoms with van der Waals surface area (Å²) in [7, 11) is 0. The van der Waals surface area contributed by atoms with Gasteiger partial charge in [0.15, 0.2) is 0 Å². The molecule has 144 valence electrons. The van der Waals surface area contributed by atoms with Crippen molar-refractivity contribution in [1.82, 2.24) is 0 Å². The Hall–Kier alpha value is -2.04. The fourth-order valence-corrected chi connectivity index (χ4v) is 3.54. The molecule has 1 amide bonds. The highest BCUT2D eigenvalue weighted by atomic mass is 16.5. The van der Waals surface area contributed by atoms with Crippen LogP contribution in [0.15, 0.2) is 18.2 Å². The zero-order valence-corrected chi connectivity index (χ0v) is 15.9. The molecule has 26 heavy (non-hydrogen) atoms. The Morgan fingerprint density at radius 3 is 2.50 bits per heavy atom. The fraction of sp³-hybridized carbons (Fsp3) is 0.619. The number of rotatable bonds is 9. The molecule has 0 atom stereocenters. The minimum atomic E-state index is -1.01. The minimum Gasteiger partial charge on any atom is -0.491 e. The van der Waals surface area contributed by atoms with Crippen LogP contribution < -0.4 is 10.1 Å². The molecule has 0 saturated heterocycles. The van der Waals surface area contributed by atoms with Crippen LogP contribution >= 0.6 is 0 Å². The van der Waals surface area contributed by atoms with E-state index in [2.05, 4.69) is 12.2 Å². The number of unbranched alkanes of at least 4 members (excludes halogenated alkanes) is 1. The molecule has 2 N–H and O–H groups in total. The van der Waals surface area contributed by atoms with Crippen LogP contribution in [0.4, 0.5) is 5.69 Å². The molecule has 1 aliphatic rings. The summed E-state index contributed by atoms with van der Waals surface area (Å²) in [4.78, 5) is 23.9. The van der Waals surface area contributed by atoms with Gasteiger partial charge in [-0.3, -0.25) is 4.79 Å². The Labute approximate surface area is 156 Å².